The van der Waals surface area contributed by atoms with Crippen LogP contribution in [-0.2, 0) is 0 Å². The fraction of sp³-hybridized carbons (Fsp3) is 0.111. The molecule has 1 aromatic rings. The maximum atomic E-state index is 11.0. The minimum absolute atomic E-state index is 0.132. The van der Waals surface area contributed by atoms with Gasteiger partial charge in [0.2, 0.25) is 0 Å². The lowest BCUT2D eigenvalue weighted by molar-refractivity contribution is 0.0688. The molecular formula is C9H8O5. The van der Waals surface area contributed by atoms with Gasteiger partial charge in [-0.3, -0.25) is 4.79 Å². The molecule has 1 aromatic carbocycles. The summed E-state index contributed by atoms with van der Waals surface area (Å²) in [6, 6.07) is 2.22. The first-order chi connectivity index (χ1) is 6.45. The minimum Gasteiger partial charge on any atom is -0.504 e. The van der Waals surface area contributed by atoms with Crippen LogP contribution in [0.1, 0.15) is 27.6 Å². The fourth-order valence-corrected chi connectivity index (χ4v) is 1.09. The van der Waals surface area contributed by atoms with E-state index in [2.05, 4.69) is 0 Å². The number of ketones is 1. The summed E-state index contributed by atoms with van der Waals surface area (Å²) in [5.41, 5.74) is -0.703. The summed E-state index contributed by atoms with van der Waals surface area (Å²) in [4.78, 5) is 21.7. The molecule has 0 aliphatic heterocycles. The number of carboxylic acids is 1. The van der Waals surface area contributed by atoms with Crippen LogP contribution < -0.4 is 0 Å². The van der Waals surface area contributed by atoms with Crippen LogP contribution in [0, 0.1) is 0 Å². The Morgan fingerprint density at radius 1 is 1.21 bits per heavy atom. The molecule has 0 heterocycles. The van der Waals surface area contributed by atoms with Gasteiger partial charge in [0, 0.05) is 5.56 Å². The highest BCUT2D eigenvalue weighted by Gasteiger charge is 2.20. The van der Waals surface area contributed by atoms with E-state index in [0.717, 1.165) is 12.1 Å². The number of carbonyl (C=O) groups is 2. The Balaban J connectivity index is 3.53. The zero-order chi connectivity index (χ0) is 10.9. The van der Waals surface area contributed by atoms with Gasteiger partial charge in [-0.1, -0.05) is 0 Å². The van der Waals surface area contributed by atoms with Gasteiger partial charge in [0.1, 0.15) is 5.56 Å². The standard InChI is InChI=1S/C9H8O5/c1-4(10)5-2-3-6(11)8(12)7(5)9(13)14/h2-3,11-12H,1H3,(H,13,14). The Morgan fingerprint density at radius 2 is 1.79 bits per heavy atom. The number of rotatable bonds is 2. The molecular weight excluding hydrogens is 188 g/mol. The quantitative estimate of drug-likeness (QED) is 0.484. The largest absolute Gasteiger partial charge is 0.504 e. The van der Waals surface area contributed by atoms with Gasteiger partial charge in [-0.05, 0) is 19.1 Å². The number of phenolic OH excluding ortho intramolecular Hbond substituents is 1. The van der Waals surface area contributed by atoms with Crippen molar-refractivity contribution < 1.29 is 24.9 Å². The molecule has 0 bridgehead atoms. The van der Waals surface area contributed by atoms with Crippen molar-refractivity contribution in [3.8, 4) is 11.5 Å². The molecule has 5 nitrogen and oxygen atoms in total. The van der Waals surface area contributed by atoms with Gasteiger partial charge in [0.05, 0.1) is 0 Å². The molecule has 14 heavy (non-hydrogen) atoms. The molecule has 0 atom stereocenters. The Bertz CT molecular complexity index is 408. The molecule has 74 valence electrons. The molecule has 0 unspecified atom stereocenters. The molecule has 0 aromatic heterocycles. The average molecular weight is 196 g/mol. The highest BCUT2D eigenvalue weighted by Crippen LogP contribution is 2.31. The number of aromatic hydroxyl groups is 2. The van der Waals surface area contributed by atoms with Gasteiger partial charge in [-0.25, -0.2) is 4.79 Å². The molecule has 0 aliphatic carbocycles. The van der Waals surface area contributed by atoms with Crippen LogP contribution in [0.15, 0.2) is 12.1 Å². The lowest BCUT2D eigenvalue weighted by Crippen LogP contribution is -2.06. The van der Waals surface area contributed by atoms with Crippen molar-refractivity contribution in [3.63, 3.8) is 0 Å². The second kappa shape index (κ2) is 3.37. The van der Waals surface area contributed by atoms with Gasteiger partial charge in [-0.15, -0.1) is 0 Å². The van der Waals surface area contributed by atoms with Crippen molar-refractivity contribution in [1.82, 2.24) is 0 Å². The number of aromatic carboxylic acids is 1. The third-order valence-corrected chi connectivity index (χ3v) is 1.75. The van der Waals surface area contributed by atoms with E-state index in [9.17, 15) is 14.7 Å². The van der Waals surface area contributed by atoms with Crippen LogP contribution in [-0.4, -0.2) is 27.1 Å². The van der Waals surface area contributed by atoms with Crippen LogP contribution in [0.4, 0.5) is 0 Å². The zero-order valence-electron chi connectivity index (χ0n) is 7.31. The van der Waals surface area contributed by atoms with Crippen molar-refractivity contribution >= 4 is 11.8 Å². The predicted molar refractivity (Wildman–Crippen MR) is 46.7 cm³/mol. The van der Waals surface area contributed by atoms with E-state index in [4.69, 9.17) is 10.2 Å². The molecule has 0 amide bonds. The first-order valence-corrected chi connectivity index (χ1v) is 3.74. The lowest BCUT2D eigenvalue weighted by Gasteiger charge is -2.05. The van der Waals surface area contributed by atoms with E-state index < -0.39 is 28.8 Å². The van der Waals surface area contributed by atoms with E-state index in [0.29, 0.717) is 0 Å². The smallest absolute Gasteiger partial charge is 0.340 e. The summed E-state index contributed by atoms with van der Waals surface area (Å²) in [6.07, 6.45) is 0. The molecule has 3 N–H and O–H groups in total. The average Bonchev–Trinajstić information content (AvgIpc) is 2.08. The van der Waals surface area contributed by atoms with E-state index in [1.807, 2.05) is 0 Å². The topological polar surface area (TPSA) is 94.8 Å². The molecule has 0 saturated carbocycles. The lowest BCUT2D eigenvalue weighted by atomic mass is 10.0. The molecule has 0 spiro atoms. The normalized spacial score (nSPS) is 9.79. The third-order valence-electron chi connectivity index (χ3n) is 1.75. The highest BCUT2D eigenvalue weighted by atomic mass is 16.4. The third kappa shape index (κ3) is 1.52. The van der Waals surface area contributed by atoms with E-state index in [1.165, 1.54) is 6.92 Å². The summed E-state index contributed by atoms with van der Waals surface area (Å²) in [5.74, 6) is -3.29. The number of carbonyl (C=O) groups excluding carboxylic acids is 1. The van der Waals surface area contributed by atoms with Gasteiger partial charge in [0.25, 0.3) is 0 Å². The number of Topliss-reactive ketones (excluding diaryl/α,β-unsaturated/α-hetero) is 1. The maximum Gasteiger partial charge on any atom is 0.340 e. The zero-order valence-corrected chi connectivity index (χ0v) is 7.31. The molecule has 1 rings (SSSR count). The highest BCUT2D eigenvalue weighted by molar-refractivity contribution is 6.06. The summed E-state index contributed by atoms with van der Waals surface area (Å²) in [6.45, 7) is 1.18. The summed E-state index contributed by atoms with van der Waals surface area (Å²) in [7, 11) is 0. The first kappa shape index (κ1) is 10.0. The van der Waals surface area contributed by atoms with Crippen LogP contribution in [0.5, 0.6) is 11.5 Å². The minimum atomic E-state index is -1.45. The number of hydrogen-bond acceptors (Lipinski definition) is 4. The Labute approximate surface area is 79.2 Å². The second-order valence-electron chi connectivity index (χ2n) is 2.72. The summed E-state index contributed by atoms with van der Waals surface area (Å²) in [5, 5.41) is 26.9. The fourth-order valence-electron chi connectivity index (χ4n) is 1.09. The van der Waals surface area contributed by atoms with Gasteiger partial charge in [-0.2, -0.15) is 0 Å². The monoisotopic (exact) mass is 196 g/mol. The van der Waals surface area contributed by atoms with E-state index >= 15 is 0 Å². The number of phenols is 2. The van der Waals surface area contributed by atoms with Gasteiger partial charge < -0.3 is 15.3 Å². The van der Waals surface area contributed by atoms with Crippen molar-refractivity contribution in [2.45, 2.75) is 6.92 Å². The molecule has 5 heteroatoms. The molecule has 0 radical (unpaired) electrons. The van der Waals surface area contributed by atoms with Gasteiger partial charge >= 0.3 is 5.97 Å². The van der Waals surface area contributed by atoms with Crippen LogP contribution in [0.3, 0.4) is 0 Å². The Hall–Kier alpha value is -2.04. The van der Waals surface area contributed by atoms with Crippen LogP contribution in [0.25, 0.3) is 0 Å². The van der Waals surface area contributed by atoms with Crippen LogP contribution in [0.2, 0.25) is 0 Å². The van der Waals surface area contributed by atoms with Gasteiger partial charge in [0.15, 0.2) is 17.3 Å². The van der Waals surface area contributed by atoms with E-state index in [-0.39, 0.29) is 5.56 Å². The summed E-state index contributed by atoms with van der Waals surface area (Å²) >= 11 is 0. The van der Waals surface area contributed by atoms with Crippen molar-refractivity contribution in [2.24, 2.45) is 0 Å². The number of carboxylic acid groups (broad SMARTS) is 1. The first-order valence-electron chi connectivity index (χ1n) is 3.74. The molecule has 0 fully saturated rings. The van der Waals surface area contributed by atoms with Crippen molar-refractivity contribution in [1.29, 1.82) is 0 Å². The SMILES string of the molecule is CC(=O)c1ccc(O)c(O)c1C(=O)O. The van der Waals surface area contributed by atoms with Crippen molar-refractivity contribution in [2.75, 3.05) is 0 Å². The number of benzene rings is 1. The van der Waals surface area contributed by atoms with Crippen LogP contribution >= 0.6 is 0 Å². The molecule has 0 aliphatic rings. The predicted octanol–water partition coefficient (Wildman–Crippen LogP) is 0.999. The molecule has 0 saturated heterocycles. The maximum absolute atomic E-state index is 11.0. The second-order valence-corrected chi connectivity index (χ2v) is 2.72. The Morgan fingerprint density at radius 3 is 2.21 bits per heavy atom. The summed E-state index contributed by atoms with van der Waals surface area (Å²) < 4.78 is 0. The van der Waals surface area contributed by atoms with Crippen molar-refractivity contribution in [3.05, 3.63) is 23.3 Å². The Kier molecular flexibility index (Phi) is 2.42. The number of hydrogen-bond donors (Lipinski definition) is 3. The van der Waals surface area contributed by atoms with E-state index in [1.54, 1.807) is 0 Å².